The van der Waals surface area contributed by atoms with Crippen molar-refractivity contribution >= 4 is 5.91 Å². The summed E-state index contributed by atoms with van der Waals surface area (Å²) in [6, 6.07) is -0.711. The first-order valence-electron chi connectivity index (χ1n) is 30.6. The van der Waals surface area contributed by atoms with Crippen LogP contribution in [-0.4, -0.2) is 46.1 Å². The highest BCUT2D eigenvalue weighted by atomic mass is 16.3. The number of hydrogen-bond donors (Lipinski definition) is 4. The minimum atomic E-state index is -1.07. The van der Waals surface area contributed by atoms with Gasteiger partial charge >= 0.3 is 0 Å². The molecule has 0 saturated heterocycles. The molecule has 3 atom stereocenters. The lowest BCUT2D eigenvalue weighted by molar-refractivity contribution is -0.131. The van der Waals surface area contributed by atoms with Gasteiger partial charge in [0.15, 0.2) is 0 Å². The molecule has 0 aliphatic heterocycles. The summed E-state index contributed by atoms with van der Waals surface area (Å²) < 4.78 is 0. The van der Waals surface area contributed by atoms with Gasteiger partial charge in [-0.15, -0.1) is 0 Å². The van der Waals surface area contributed by atoms with Gasteiger partial charge in [0.25, 0.3) is 0 Å². The quantitative estimate of drug-likeness (QED) is 0.0361. The van der Waals surface area contributed by atoms with Crippen molar-refractivity contribution in [2.75, 3.05) is 6.61 Å². The average Bonchev–Trinajstić information content (AvgIpc) is 3.33. The number of aliphatic hydroxyl groups is 3. The Balaban J connectivity index is 3.47. The van der Waals surface area contributed by atoms with Crippen LogP contribution in [0, 0.1) is 0 Å². The van der Waals surface area contributed by atoms with Gasteiger partial charge in [0.1, 0.15) is 6.10 Å². The predicted molar refractivity (Wildman–Crippen MR) is 296 cm³/mol. The molecular formula is C62H121NO4. The van der Waals surface area contributed by atoms with Gasteiger partial charge in [-0.2, -0.15) is 0 Å². The molecule has 0 saturated carbocycles. The highest BCUT2D eigenvalue weighted by molar-refractivity contribution is 5.80. The Kier molecular flexibility index (Phi) is 56.4. The number of nitrogens with one attached hydrogen (secondary N) is 1. The molecule has 67 heavy (non-hydrogen) atoms. The molecule has 5 nitrogen and oxygen atoms in total. The van der Waals surface area contributed by atoms with E-state index in [1.807, 2.05) is 0 Å². The van der Waals surface area contributed by atoms with Crippen molar-refractivity contribution in [2.45, 2.75) is 360 Å². The summed E-state index contributed by atoms with van der Waals surface area (Å²) in [5.74, 6) is -0.465. The van der Waals surface area contributed by atoms with E-state index in [0.29, 0.717) is 12.8 Å². The lowest BCUT2D eigenvalue weighted by Crippen LogP contribution is -2.49. The molecule has 0 aromatic carbocycles. The zero-order valence-electron chi connectivity index (χ0n) is 45.6. The fraction of sp³-hybridized carbons (Fsp3) is 0.919. The van der Waals surface area contributed by atoms with Crippen molar-refractivity contribution in [2.24, 2.45) is 0 Å². The minimum absolute atomic E-state index is 0.310. The van der Waals surface area contributed by atoms with E-state index in [1.54, 1.807) is 0 Å². The van der Waals surface area contributed by atoms with Gasteiger partial charge in [-0.3, -0.25) is 4.79 Å². The second-order valence-corrected chi connectivity index (χ2v) is 21.3. The molecule has 0 aromatic heterocycles. The van der Waals surface area contributed by atoms with E-state index in [4.69, 9.17) is 0 Å². The Labute approximate surface area is 420 Å². The first-order valence-corrected chi connectivity index (χ1v) is 30.6. The normalized spacial score (nSPS) is 13.3. The van der Waals surface area contributed by atoms with Crippen LogP contribution < -0.4 is 5.32 Å². The molecule has 3 unspecified atom stereocenters. The summed E-state index contributed by atoms with van der Waals surface area (Å²) >= 11 is 0. The number of carbonyl (C=O) groups excluding carboxylic acids is 1. The number of aliphatic hydroxyl groups excluding tert-OH is 3. The maximum atomic E-state index is 12.6. The summed E-state index contributed by atoms with van der Waals surface area (Å²) in [4.78, 5) is 12.6. The first-order chi connectivity index (χ1) is 33.1. The predicted octanol–water partition coefficient (Wildman–Crippen LogP) is 19.2. The molecule has 0 bridgehead atoms. The third-order valence-corrected chi connectivity index (χ3v) is 14.6. The van der Waals surface area contributed by atoms with Gasteiger partial charge in [0, 0.05) is 0 Å². The van der Waals surface area contributed by atoms with E-state index in [-0.39, 0.29) is 6.61 Å². The van der Waals surface area contributed by atoms with Crippen LogP contribution in [0.15, 0.2) is 24.3 Å². The second-order valence-electron chi connectivity index (χ2n) is 21.3. The van der Waals surface area contributed by atoms with Crippen molar-refractivity contribution in [3.63, 3.8) is 0 Å². The van der Waals surface area contributed by atoms with Crippen LogP contribution in [0.4, 0.5) is 0 Å². The van der Waals surface area contributed by atoms with Crippen molar-refractivity contribution in [3.8, 4) is 0 Å². The lowest BCUT2D eigenvalue weighted by Gasteiger charge is -2.23. The number of unbranched alkanes of at least 4 members (excludes halogenated alkanes) is 45. The standard InChI is InChI=1S/C62H121NO4/c1-3-5-7-9-11-13-15-17-19-21-22-23-24-25-26-27-28-29-30-31-32-33-34-35-36-37-38-39-41-43-45-47-49-51-53-55-57-61(66)62(67)63-59(58-64)60(65)56-54-52-50-48-46-44-42-40-20-18-16-14-12-10-8-6-4-2/h26-27,29-30,59-61,64-66H,3-25,28,31-58H2,1-2H3,(H,63,67)/b27-26-,30-29-. The van der Waals surface area contributed by atoms with Gasteiger partial charge in [0.2, 0.25) is 5.91 Å². The molecule has 0 aromatic rings. The van der Waals surface area contributed by atoms with Crippen LogP contribution in [0.3, 0.4) is 0 Å². The van der Waals surface area contributed by atoms with Crippen LogP contribution >= 0.6 is 0 Å². The topological polar surface area (TPSA) is 89.8 Å². The van der Waals surface area contributed by atoms with Crippen LogP contribution in [0.25, 0.3) is 0 Å². The fourth-order valence-corrected chi connectivity index (χ4v) is 9.81. The average molecular weight is 945 g/mol. The van der Waals surface area contributed by atoms with Crippen LogP contribution in [0.2, 0.25) is 0 Å². The van der Waals surface area contributed by atoms with E-state index >= 15 is 0 Å². The molecule has 0 aliphatic carbocycles. The molecule has 398 valence electrons. The fourth-order valence-electron chi connectivity index (χ4n) is 9.81. The summed E-state index contributed by atoms with van der Waals surface area (Å²) in [6.07, 6.45) is 73.9. The van der Waals surface area contributed by atoms with Crippen molar-refractivity contribution in [1.29, 1.82) is 0 Å². The van der Waals surface area contributed by atoms with Crippen LogP contribution in [0.1, 0.15) is 341 Å². The first kappa shape index (κ1) is 65.8. The highest BCUT2D eigenvalue weighted by Gasteiger charge is 2.23. The summed E-state index contributed by atoms with van der Waals surface area (Å²) in [5, 5.41) is 33.6. The van der Waals surface area contributed by atoms with Crippen LogP contribution in [-0.2, 0) is 4.79 Å². The van der Waals surface area contributed by atoms with E-state index in [0.717, 1.165) is 38.5 Å². The number of allylic oxidation sites excluding steroid dienone is 4. The molecule has 0 heterocycles. The SMILES string of the molecule is CCCCCCCCCCCCCCC/C=C\C/C=C\CCCCCCCCCCCCCCCCCCC(O)C(=O)NC(CO)C(O)CCCCCCCCCCCCCCCCCCC. The third-order valence-electron chi connectivity index (χ3n) is 14.6. The Morgan fingerprint density at radius 3 is 0.896 bits per heavy atom. The molecule has 5 heteroatoms. The molecule has 1 amide bonds. The molecule has 0 rings (SSSR count). The van der Waals surface area contributed by atoms with Gasteiger partial charge < -0.3 is 20.6 Å². The summed E-state index contributed by atoms with van der Waals surface area (Å²) in [6.45, 7) is 4.27. The summed E-state index contributed by atoms with van der Waals surface area (Å²) in [7, 11) is 0. The molecule has 0 fully saturated rings. The summed E-state index contributed by atoms with van der Waals surface area (Å²) in [5.41, 5.74) is 0. The molecule has 0 radical (unpaired) electrons. The van der Waals surface area contributed by atoms with E-state index in [9.17, 15) is 20.1 Å². The lowest BCUT2D eigenvalue weighted by atomic mass is 10.0. The Bertz CT molecular complexity index is 998. The van der Waals surface area contributed by atoms with E-state index in [2.05, 4.69) is 43.5 Å². The van der Waals surface area contributed by atoms with E-state index in [1.165, 1.54) is 276 Å². The zero-order chi connectivity index (χ0) is 48.6. The zero-order valence-corrected chi connectivity index (χ0v) is 45.6. The largest absolute Gasteiger partial charge is 0.394 e. The van der Waals surface area contributed by atoms with Gasteiger partial charge in [-0.05, 0) is 44.9 Å². The Morgan fingerprint density at radius 2 is 0.612 bits per heavy atom. The number of rotatable bonds is 57. The number of amides is 1. The van der Waals surface area contributed by atoms with Gasteiger partial charge in [-0.25, -0.2) is 0 Å². The molecule has 4 N–H and O–H groups in total. The third kappa shape index (κ3) is 52.5. The maximum absolute atomic E-state index is 12.6. The monoisotopic (exact) mass is 944 g/mol. The van der Waals surface area contributed by atoms with Crippen LogP contribution in [0.5, 0.6) is 0 Å². The molecule has 0 aliphatic rings. The molecular weight excluding hydrogens is 823 g/mol. The van der Waals surface area contributed by atoms with E-state index < -0.39 is 24.2 Å². The molecule has 0 spiro atoms. The number of hydrogen-bond acceptors (Lipinski definition) is 4. The van der Waals surface area contributed by atoms with Gasteiger partial charge in [0.05, 0.1) is 18.8 Å². The second kappa shape index (κ2) is 57.4. The van der Waals surface area contributed by atoms with Crippen molar-refractivity contribution < 1.29 is 20.1 Å². The maximum Gasteiger partial charge on any atom is 0.249 e. The Hall–Kier alpha value is -1.17. The Morgan fingerprint density at radius 1 is 0.358 bits per heavy atom. The van der Waals surface area contributed by atoms with Gasteiger partial charge in [-0.1, -0.05) is 321 Å². The number of carbonyl (C=O) groups is 1. The van der Waals surface area contributed by atoms with Crippen molar-refractivity contribution in [3.05, 3.63) is 24.3 Å². The highest BCUT2D eigenvalue weighted by Crippen LogP contribution is 2.18. The minimum Gasteiger partial charge on any atom is -0.394 e. The smallest absolute Gasteiger partial charge is 0.249 e. The van der Waals surface area contributed by atoms with Crippen molar-refractivity contribution in [1.82, 2.24) is 5.32 Å².